The Bertz CT molecular complexity index is 249. The normalized spacial score (nSPS) is 12.5. The molecule has 1 nitrogen and oxygen atoms in total. The number of likely N-dealkylation sites (N-methyl/N-ethyl adjacent to an activating group) is 1. The first-order valence-electron chi connectivity index (χ1n) is 4.10. The minimum absolute atomic E-state index is 0.468. The van der Waals surface area contributed by atoms with E-state index in [1.54, 1.807) is 19.2 Å². The molecule has 0 saturated carbocycles. The number of nitrogens with one attached hydrogen (secondary N) is 1. The minimum atomic E-state index is -0.468. The largest absolute Gasteiger partial charge is 0.387 e. The summed E-state index contributed by atoms with van der Waals surface area (Å²) in [5, 5.41) is 3.00. The molecule has 13 heavy (non-hydrogen) atoms. The number of allylic oxidation sites excluding steroid dienone is 5. The zero-order valence-electron chi connectivity index (χ0n) is 8.23. The van der Waals surface area contributed by atoms with Crippen LogP contribution in [0.4, 0.5) is 4.39 Å². The molecule has 0 atom stereocenters. The Morgan fingerprint density at radius 2 is 2.15 bits per heavy atom. The third kappa shape index (κ3) is 3.74. The lowest BCUT2D eigenvalue weighted by Gasteiger charge is -2.08. The van der Waals surface area contributed by atoms with Crippen molar-refractivity contribution in [3.05, 3.63) is 48.2 Å². The monoisotopic (exact) mass is 181 g/mol. The van der Waals surface area contributed by atoms with Crippen LogP contribution < -0.4 is 5.32 Å². The van der Waals surface area contributed by atoms with Gasteiger partial charge in [0.05, 0.1) is 0 Å². The average molecular weight is 181 g/mol. The first-order chi connectivity index (χ1) is 6.17. The maximum atomic E-state index is 11.9. The van der Waals surface area contributed by atoms with Crippen LogP contribution in [0.5, 0.6) is 0 Å². The fourth-order valence-corrected chi connectivity index (χ4v) is 1.03. The predicted octanol–water partition coefficient (Wildman–Crippen LogP) is 2.75. The molecular formula is C11H16FN. The molecule has 0 unspecified atom stereocenters. The summed E-state index contributed by atoms with van der Waals surface area (Å²) in [7, 11) is 1.80. The quantitative estimate of drug-likeness (QED) is 0.643. The van der Waals surface area contributed by atoms with Gasteiger partial charge in [-0.3, -0.25) is 0 Å². The van der Waals surface area contributed by atoms with E-state index in [-0.39, 0.29) is 0 Å². The predicted molar refractivity (Wildman–Crippen MR) is 56.2 cm³/mol. The second kappa shape index (κ2) is 6.23. The molecule has 0 aromatic carbocycles. The van der Waals surface area contributed by atoms with Crippen LogP contribution in [0.2, 0.25) is 0 Å². The number of hydrogen-bond donors (Lipinski definition) is 1. The molecular weight excluding hydrogens is 165 g/mol. The smallest absolute Gasteiger partial charge is 0.108 e. The molecule has 0 aromatic heterocycles. The van der Waals surface area contributed by atoms with Crippen molar-refractivity contribution in [2.45, 2.75) is 6.92 Å². The van der Waals surface area contributed by atoms with Gasteiger partial charge in [-0.05, 0) is 18.1 Å². The fraction of sp³-hybridized carbons (Fsp3) is 0.273. The van der Waals surface area contributed by atoms with Crippen molar-refractivity contribution in [3.63, 3.8) is 0 Å². The Labute approximate surface area is 79.3 Å². The molecule has 0 heterocycles. The lowest BCUT2D eigenvalue weighted by Crippen LogP contribution is -2.08. The Hall–Kier alpha value is -1.31. The lowest BCUT2D eigenvalue weighted by atomic mass is 10.1. The highest BCUT2D eigenvalue weighted by atomic mass is 19.1. The molecule has 0 aliphatic heterocycles. The Kier molecular flexibility index (Phi) is 5.60. The molecule has 0 fully saturated rings. The third-order valence-corrected chi connectivity index (χ3v) is 1.57. The van der Waals surface area contributed by atoms with Crippen LogP contribution >= 0.6 is 0 Å². The van der Waals surface area contributed by atoms with Crippen LogP contribution in [-0.4, -0.2) is 13.7 Å². The van der Waals surface area contributed by atoms with Gasteiger partial charge in [-0.1, -0.05) is 31.4 Å². The summed E-state index contributed by atoms with van der Waals surface area (Å²) >= 11 is 0. The van der Waals surface area contributed by atoms with Gasteiger partial charge in [0.15, 0.2) is 0 Å². The van der Waals surface area contributed by atoms with Gasteiger partial charge in [0.2, 0.25) is 0 Å². The first-order valence-corrected chi connectivity index (χ1v) is 4.10. The maximum absolute atomic E-state index is 11.9. The van der Waals surface area contributed by atoms with E-state index < -0.39 is 6.67 Å². The number of halogens is 1. The van der Waals surface area contributed by atoms with Gasteiger partial charge >= 0.3 is 0 Å². The summed E-state index contributed by atoms with van der Waals surface area (Å²) in [4.78, 5) is 0. The highest BCUT2D eigenvalue weighted by Gasteiger charge is 1.98. The zero-order valence-corrected chi connectivity index (χ0v) is 8.23. The van der Waals surface area contributed by atoms with E-state index in [0.717, 1.165) is 16.8 Å². The van der Waals surface area contributed by atoms with Gasteiger partial charge in [-0.2, -0.15) is 0 Å². The van der Waals surface area contributed by atoms with Crippen molar-refractivity contribution in [1.29, 1.82) is 0 Å². The summed E-state index contributed by atoms with van der Waals surface area (Å²) in [5.41, 5.74) is 2.65. The van der Waals surface area contributed by atoms with E-state index in [4.69, 9.17) is 0 Å². The number of rotatable bonds is 5. The molecule has 2 heteroatoms. The molecule has 72 valence electrons. The van der Waals surface area contributed by atoms with Gasteiger partial charge in [-0.15, -0.1) is 0 Å². The van der Waals surface area contributed by atoms with Crippen molar-refractivity contribution in [1.82, 2.24) is 5.32 Å². The molecule has 0 amide bonds. The summed E-state index contributed by atoms with van der Waals surface area (Å²) in [6, 6.07) is 0. The summed E-state index contributed by atoms with van der Waals surface area (Å²) in [5.74, 6) is 0. The standard InChI is InChI=1S/C11H16FN/c1-5-10(7-6-8-12)11(13-4)9(2)3/h5-7,13H,1-2,8H2,3-4H3/b7-6-,11-10-. The molecule has 0 aromatic rings. The Balaban J connectivity index is 4.93. The van der Waals surface area contributed by atoms with E-state index in [2.05, 4.69) is 18.5 Å². The van der Waals surface area contributed by atoms with Crippen LogP contribution in [0.3, 0.4) is 0 Å². The van der Waals surface area contributed by atoms with Gasteiger partial charge < -0.3 is 5.32 Å². The van der Waals surface area contributed by atoms with E-state index >= 15 is 0 Å². The van der Waals surface area contributed by atoms with E-state index in [1.807, 2.05) is 6.92 Å². The highest BCUT2D eigenvalue weighted by molar-refractivity contribution is 5.42. The molecule has 1 N–H and O–H groups in total. The van der Waals surface area contributed by atoms with Crippen LogP contribution in [0.15, 0.2) is 48.2 Å². The average Bonchev–Trinajstić information content (AvgIpc) is 2.11. The molecule has 0 saturated heterocycles. The van der Waals surface area contributed by atoms with Crippen LogP contribution in [0, 0.1) is 0 Å². The zero-order chi connectivity index (χ0) is 10.3. The molecule has 0 aliphatic rings. The summed E-state index contributed by atoms with van der Waals surface area (Å²) < 4.78 is 11.9. The number of alkyl halides is 1. The molecule has 0 spiro atoms. The third-order valence-electron chi connectivity index (χ3n) is 1.57. The lowest BCUT2D eigenvalue weighted by molar-refractivity contribution is 0.561. The second-order valence-electron chi connectivity index (χ2n) is 2.62. The van der Waals surface area contributed by atoms with Crippen molar-refractivity contribution in [3.8, 4) is 0 Å². The van der Waals surface area contributed by atoms with Crippen LogP contribution in [0.1, 0.15) is 6.92 Å². The van der Waals surface area contributed by atoms with Crippen molar-refractivity contribution >= 4 is 0 Å². The fourth-order valence-electron chi connectivity index (χ4n) is 1.03. The van der Waals surface area contributed by atoms with Gasteiger partial charge in [-0.25, -0.2) is 4.39 Å². The topological polar surface area (TPSA) is 12.0 Å². The van der Waals surface area contributed by atoms with Gasteiger partial charge in [0.1, 0.15) is 6.67 Å². The van der Waals surface area contributed by atoms with Crippen LogP contribution in [-0.2, 0) is 0 Å². The first kappa shape index (κ1) is 11.7. The maximum Gasteiger partial charge on any atom is 0.108 e. The highest BCUT2D eigenvalue weighted by Crippen LogP contribution is 2.11. The second-order valence-corrected chi connectivity index (χ2v) is 2.62. The summed E-state index contributed by atoms with van der Waals surface area (Å²) in [6.45, 7) is 8.88. The molecule has 0 aliphatic carbocycles. The van der Waals surface area contributed by atoms with E-state index in [9.17, 15) is 4.39 Å². The van der Waals surface area contributed by atoms with E-state index in [0.29, 0.717) is 0 Å². The van der Waals surface area contributed by atoms with Crippen molar-refractivity contribution < 1.29 is 4.39 Å². The SMILES string of the molecule is C=CC(/C=C\CF)=C(/NC)C(=C)C. The van der Waals surface area contributed by atoms with Crippen LogP contribution in [0.25, 0.3) is 0 Å². The molecule has 0 radical (unpaired) electrons. The number of hydrogen-bond acceptors (Lipinski definition) is 1. The Morgan fingerprint density at radius 1 is 1.54 bits per heavy atom. The minimum Gasteiger partial charge on any atom is -0.387 e. The van der Waals surface area contributed by atoms with Gasteiger partial charge in [0.25, 0.3) is 0 Å². The van der Waals surface area contributed by atoms with E-state index in [1.165, 1.54) is 6.08 Å². The van der Waals surface area contributed by atoms with Crippen molar-refractivity contribution in [2.75, 3.05) is 13.7 Å². The molecule has 0 rings (SSSR count). The van der Waals surface area contributed by atoms with Gasteiger partial charge in [0, 0.05) is 12.7 Å². The summed E-state index contributed by atoms with van der Waals surface area (Å²) in [6.07, 6.45) is 4.80. The van der Waals surface area contributed by atoms with Crippen molar-refractivity contribution in [2.24, 2.45) is 0 Å². The Morgan fingerprint density at radius 3 is 2.46 bits per heavy atom. The molecule has 0 bridgehead atoms.